The quantitative estimate of drug-likeness (QED) is 0.197. The molecule has 1 aliphatic rings. The summed E-state index contributed by atoms with van der Waals surface area (Å²) in [5, 5.41) is 6.67. The van der Waals surface area contributed by atoms with Gasteiger partial charge in [0, 0.05) is 59.0 Å². The number of carbonyl (C=O) groups is 1. The van der Waals surface area contributed by atoms with Gasteiger partial charge in [0.1, 0.15) is 5.60 Å². The van der Waals surface area contributed by atoms with Gasteiger partial charge in [-0.2, -0.15) is 0 Å². The molecule has 1 amide bonds. The second-order valence-corrected chi connectivity index (χ2v) is 7.90. The lowest BCUT2D eigenvalue weighted by atomic mass is 10.2. The van der Waals surface area contributed by atoms with Crippen LogP contribution in [0.2, 0.25) is 0 Å². The summed E-state index contributed by atoms with van der Waals surface area (Å²) in [4.78, 5) is 20.9. The Morgan fingerprint density at radius 3 is 2.34 bits per heavy atom. The molecule has 1 fully saturated rings. The van der Waals surface area contributed by atoms with E-state index in [-0.39, 0.29) is 30.1 Å². The van der Waals surface area contributed by atoms with Gasteiger partial charge in [-0.05, 0) is 54.0 Å². The molecule has 2 N–H and O–H groups in total. The number of hydrogen-bond acceptors (Lipinski definition) is 5. The third-order valence-electron chi connectivity index (χ3n) is 4.23. The fourth-order valence-electron chi connectivity index (χ4n) is 2.83. The maximum atomic E-state index is 12.1. The summed E-state index contributed by atoms with van der Waals surface area (Å²) < 4.78 is 10.8. The van der Waals surface area contributed by atoms with Crippen molar-refractivity contribution in [1.82, 2.24) is 20.4 Å². The molecule has 1 heterocycles. The molecule has 0 unspecified atom stereocenters. The Balaban J connectivity index is 0.00000784. The second-order valence-electron chi connectivity index (χ2n) is 7.90. The van der Waals surface area contributed by atoms with Crippen LogP contribution in [0.1, 0.15) is 47.5 Å². The van der Waals surface area contributed by atoms with Crippen LogP contribution in [0.5, 0.6) is 0 Å². The number of rotatable bonds is 10. The van der Waals surface area contributed by atoms with Gasteiger partial charge in [-0.3, -0.25) is 9.89 Å². The molecule has 0 atom stereocenters. The number of hydrogen-bond donors (Lipinski definition) is 2. The van der Waals surface area contributed by atoms with E-state index in [2.05, 4.69) is 27.4 Å². The van der Waals surface area contributed by atoms with Crippen LogP contribution in [0, 0.1) is 0 Å². The molecule has 1 saturated heterocycles. The average Bonchev–Trinajstić information content (AvgIpc) is 2.64. The van der Waals surface area contributed by atoms with Crippen LogP contribution in [0.25, 0.3) is 0 Å². The van der Waals surface area contributed by atoms with E-state index in [1.165, 1.54) is 0 Å². The van der Waals surface area contributed by atoms with Crippen LogP contribution in [-0.2, 0) is 9.47 Å². The van der Waals surface area contributed by atoms with E-state index in [0.717, 1.165) is 84.4 Å². The van der Waals surface area contributed by atoms with E-state index in [0.29, 0.717) is 0 Å². The SMILES string of the molecule is CCNC(=NCCCOCC)NCCCN1CCN(C(=O)OC(C)(C)C)CC1.I. The van der Waals surface area contributed by atoms with Crippen molar-refractivity contribution in [3.05, 3.63) is 0 Å². The summed E-state index contributed by atoms with van der Waals surface area (Å²) in [5.41, 5.74) is -0.436. The molecule has 29 heavy (non-hydrogen) atoms. The highest BCUT2D eigenvalue weighted by Gasteiger charge is 2.25. The smallest absolute Gasteiger partial charge is 0.410 e. The first-order valence-corrected chi connectivity index (χ1v) is 10.7. The van der Waals surface area contributed by atoms with Crippen LogP contribution >= 0.6 is 24.0 Å². The zero-order valence-electron chi connectivity index (χ0n) is 19.0. The topological polar surface area (TPSA) is 78.4 Å². The highest BCUT2D eigenvalue weighted by molar-refractivity contribution is 14.0. The first kappa shape index (κ1) is 28.2. The normalized spacial score (nSPS) is 15.6. The number of ether oxygens (including phenoxy) is 2. The zero-order chi connectivity index (χ0) is 20.8. The molecule has 8 nitrogen and oxygen atoms in total. The summed E-state index contributed by atoms with van der Waals surface area (Å²) in [7, 11) is 0. The van der Waals surface area contributed by atoms with Crippen LogP contribution < -0.4 is 10.6 Å². The summed E-state index contributed by atoms with van der Waals surface area (Å²) in [6, 6.07) is 0. The van der Waals surface area contributed by atoms with E-state index in [4.69, 9.17) is 9.47 Å². The lowest BCUT2D eigenvalue weighted by Crippen LogP contribution is -2.50. The second kappa shape index (κ2) is 16.0. The molecule has 0 aromatic carbocycles. The highest BCUT2D eigenvalue weighted by atomic mass is 127. The number of aliphatic imine (C=N–C) groups is 1. The number of nitrogens with zero attached hydrogens (tertiary/aromatic N) is 3. The molecule has 0 aromatic heterocycles. The minimum absolute atomic E-state index is 0. The predicted octanol–water partition coefficient (Wildman–Crippen LogP) is 2.53. The molecular weight excluding hydrogens is 485 g/mol. The van der Waals surface area contributed by atoms with E-state index < -0.39 is 5.60 Å². The predicted molar refractivity (Wildman–Crippen MR) is 129 cm³/mol. The van der Waals surface area contributed by atoms with Crippen molar-refractivity contribution in [3.63, 3.8) is 0 Å². The summed E-state index contributed by atoms with van der Waals surface area (Å²) in [5.74, 6) is 0.869. The first-order valence-electron chi connectivity index (χ1n) is 10.7. The lowest BCUT2D eigenvalue weighted by Gasteiger charge is -2.35. The third kappa shape index (κ3) is 13.9. The van der Waals surface area contributed by atoms with E-state index in [1.54, 1.807) is 4.90 Å². The van der Waals surface area contributed by atoms with Crippen molar-refractivity contribution in [2.45, 2.75) is 53.1 Å². The number of piperazine rings is 1. The van der Waals surface area contributed by atoms with Crippen molar-refractivity contribution >= 4 is 36.0 Å². The van der Waals surface area contributed by atoms with Crippen molar-refractivity contribution < 1.29 is 14.3 Å². The van der Waals surface area contributed by atoms with Gasteiger partial charge in [-0.15, -0.1) is 24.0 Å². The van der Waals surface area contributed by atoms with Crippen molar-refractivity contribution in [2.75, 3.05) is 65.6 Å². The Bertz CT molecular complexity index is 464. The minimum atomic E-state index is -0.436. The molecule has 0 radical (unpaired) electrons. The minimum Gasteiger partial charge on any atom is -0.444 e. The lowest BCUT2D eigenvalue weighted by molar-refractivity contribution is 0.0145. The van der Waals surface area contributed by atoms with E-state index in [9.17, 15) is 4.79 Å². The molecular formula is C20H42IN5O3. The number of guanidine groups is 1. The van der Waals surface area contributed by atoms with Gasteiger partial charge in [0.15, 0.2) is 5.96 Å². The zero-order valence-corrected chi connectivity index (χ0v) is 21.3. The Kier molecular flexibility index (Phi) is 15.5. The van der Waals surface area contributed by atoms with Gasteiger partial charge in [0.05, 0.1) is 0 Å². The van der Waals surface area contributed by atoms with Gasteiger partial charge in [-0.1, -0.05) is 0 Å². The Morgan fingerprint density at radius 1 is 1.07 bits per heavy atom. The fourth-order valence-corrected chi connectivity index (χ4v) is 2.83. The molecule has 0 saturated carbocycles. The molecule has 172 valence electrons. The molecule has 0 bridgehead atoms. The number of carbonyl (C=O) groups excluding carboxylic acids is 1. The van der Waals surface area contributed by atoms with E-state index in [1.807, 2.05) is 27.7 Å². The number of halogens is 1. The summed E-state index contributed by atoms with van der Waals surface area (Å²) >= 11 is 0. The fraction of sp³-hybridized carbons (Fsp3) is 0.900. The monoisotopic (exact) mass is 527 g/mol. The van der Waals surface area contributed by atoms with Crippen molar-refractivity contribution in [3.8, 4) is 0 Å². The van der Waals surface area contributed by atoms with Crippen LogP contribution in [0.3, 0.4) is 0 Å². The largest absolute Gasteiger partial charge is 0.444 e. The molecule has 0 aliphatic carbocycles. The summed E-state index contributed by atoms with van der Waals surface area (Å²) in [6.45, 7) is 18.0. The molecule has 0 spiro atoms. The standard InChI is InChI=1S/C20H41N5O3.HI/c1-6-21-18(23-11-9-17-27-7-2)22-10-8-12-24-13-15-25(16-14-24)19(26)28-20(3,4)5;/h6-17H2,1-5H3,(H2,21,22,23);1H. The molecule has 9 heteroatoms. The summed E-state index contributed by atoms with van der Waals surface area (Å²) in [6.07, 6.45) is 1.77. The van der Waals surface area contributed by atoms with Crippen LogP contribution in [0.15, 0.2) is 4.99 Å². The van der Waals surface area contributed by atoms with Gasteiger partial charge >= 0.3 is 6.09 Å². The Morgan fingerprint density at radius 2 is 1.76 bits per heavy atom. The Hall–Kier alpha value is -0.810. The first-order chi connectivity index (χ1) is 13.4. The average molecular weight is 527 g/mol. The maximum Gasteiger partial charge on any atom is 0.410 e. The van der Waals surface area contributed by atoms with E-state index >= 15 is 0 Å². The van der Waals surface area contributed by atoms with Crippen molar-refractivity contribution in [1.29, 1.82) is 0 Å². The van der Waals surface area contributed by atoms with Gasteiger partial charge in [0.2, 0.25) is 0 Å². The van der Waals surface area contributed by atoms with Gasteiger partial charge < -0.3 is 25.0 Å². The number of nitrogens with one attached hydrogen (secondary N) is 2. The van der Waals surface area contributed by atoms with Crippen molar-refractivity contribution in [2.24, 2.45) is 4.99 Å². The Labute approximate surface area is 194 Å². The maximum absolute atomic E-state index is 12.1. The molecule has 0 aromatic rings. The van der Waals surface area contributed by atoms with Crippen LogP contribution in [0.4, 0.5) is 4.79 Å². The molecule has 1 aliphatic heterocycles. The highest BCUT2D eigenvalue weighted by Crippen LogP contribution is 2.11. The van der Waals surface area contributed by atoms with Gasteiger partial charge in [0.25, 0.3) is 0 Å². The third-order valence-corrected chi connectivity index (χ3v) is 4.23. The van der Waals surface area contributed by atoms with Gasteiger partial charge in [-0.25, -0.2) is 4.79 Å². The number of amides is 1. The molecule has 1 rings (SSSR count). The van der Waals surface area contributed by atoms with Crippen LogP contribution in [-0.4, -0.2) is 93.0 Å².